The molecule has 0 saturated heterocycles. The summed E-state index contributed by atoms with van der Waals surface area (Å²) in [5.41, 5.74) is 2.37. The van der Waals surface area contributed by atoms with Gasteiger partial charge in [0.15, 0.2) is 0 Å². The minimum absolute atomic E-state index is 0.597. The maximum atomic E-state index is 6.22. The van der Waals surface area contributed by atoms with Crippen LogP contribution in [0.15, 0.2) is 18.2 Å². The van der Waals surface area contributed by atoms with Crippen molar-refractivity contribution in [2.45, 2.75) is 52.0 Å². The first-order chi connectivity index (χ1) is 8.15. The molecule has 0 bridgehead atoms. The van der Waals surface area contributed by atoms with E-state index in [1.807, 2.05) is 6.07 Å². The second-order valence-electron chi connectivity index (χ2n) is 5.44. The Kier molecular flexibility index (Phi) is 4.33. The molecule has 17 heavy (non-hydrogen) atoms. The summed E-state index contributed by atoms with van der Waals surface area (Å²) in [6, 6.07) is 6.79. The number of aryl methyl sites for hydroxylation is 1. The van der Waals surface area contributed by atoms with Crippen molar-refractivity contribution >= 4 is 17.3 Å². The fraction of sp³-hybridized carbons (Fsp3) is 0.600. The normalized spacial score (nSPS) is 25.4. The second-order valence-corrected chi connectivity index (χ2v) is 5.85. The Morgan fingerprint density at radius 2 is 2.00 bits per heavy atom. The quantitative estimate of drug-likeness (QED) is 0.727. The lowest BCUT2D eigenvalue weighted by Gasteiger charge is -2.19. The third kappa shape index (κ3) is 3.64. The number of hydrogen-bond acceptors (Lipinski definition) is 1. The van der Waals surface area contributed by atoms with E-state index < -0.39 is 0 Å². The van der Waals surface area contributed by atoms with Crippen molar-refractivity contribution in [3.05, 3.63) is 28.8 Å². The topological polar surface area (TPSA) is 12.0 Å². The fourth-order valence-electron chi connectivity index (χ4n) is 2.60. The number of benzene rings is 1. The zero-order chi connectivity index (χ0) is 12.3. The number of anilines is 1. The molecule has 1 N–H and O–H groups in total. The largest absolute Gasteiger partial charge is 0.381 e. The third-order valence-electron chi connectivity index (χ3n) is 3.74. The Labute approximate surface area is 110 Å². The number of halogens is 1. The van der Waals surface area contributed by atoms with E-state index in [1.54, 1.807) is 0 Å². The Morgan fingerprint density at radius 3 is 2.82 bits per heavy atom. The van der Waals surface area contributed by atoms with Crippen LogP contribution in [0.3, 0.4) is 0 Å². The first-order valence-corrected chi connectivity index (χ1v) is 7.05. The van der Waals surface area contributed by atoms with Crippen LogP contribution in [0.2, 0.25) is 5.02 Å². The molecule has 1 aromatic carbocycles. The maximum absolute atomic E-state index is 6.22. The van der Waals surface area contributed by atoms with E-state index in [9.17, 15) is 0 Å². The number of nitrogens with one attached hydrogen (secondary N) is 1. The van der Waals surface area contributed by atoms with Crippen molar-refractivity contribution in [2.24, 2.45) is 5.92 Å². The van der Waals surface area contributed by atoms with Crippen LogP contribution in [0.25, 0.3) is 0 Å². The standard InChI is InChI=1S/C15H22ClN/c1-11-4-3-5-13(8-6-11)17-15-10-12(2)7-9-14(15)16/h7,9-11,13,17H,3-6,8H2,1-2H3. The zero-order valence-electron chi connectivity index (χ0n) is 10.8. The van der Waals surface area contributed by atoms with Crippen LogP contribution in [0.1, 0.15) is 44.6 Å². The molecule has 0 radical (unpaired) electrons. The first-order valence-electron chi connectivity index (χ1n) is 6.68. The Bertz CT molecular complexity index is 375. The van der Waals surface area contributed by atoms with Crippen LogP contribution < -0.4 is 5.32 Å². The maximum Gasteiger partial charge on any atom is 0.0637 e. The van der Waals surface area contributed by atoms with Gasteiger partial charge in [-0.25, -0.2) is 0 Å². The summed E-state index contributed by atoms with van der Waals surface area (Å²) in [4.78, 5) is 0. The average Bonchev–Trinajstić information content (AvgIpc) is 2.49. The monoisotopic (exact) mass is 251 g/mol. The van der Waals surface area contributed by atoms with Crippen molar-refractivity contribution in [1.82, 2.24) is 0 Å². The van der Waals surface area contributed by atoms with Crippen molar-refractivity contribution in [3.8, 4) is 0 Å². The molecule has 0 aromatic heterocycles. The van der Waals surface area contributed by atoms with Crippen LogP contribution in [0.5, 0.6) is 0 Å². The molecule has 2 unspecified atom stereocenters. The predicted octanol–water partition coefficient (Wildman–Crippen LogP) is 5.03. The molecule has 2 heteroatoms. The smallest absolute Gasteiger partial charge is 0.0637 e. The lowest BCUT2D eigenvalue weighted by Crippen LogP contribution is -2.18. The summed E-state index contributed by atoms with van der Waals surface area (Å²) in [6.45, 7) is 4.47. The SMILES string of the molecule is Cc1ccc(Cl)c(NC2CCCC(C)CC2)c1. The summed E-state index contributed by atoms with van der Waals surface area (Å²) in [6.07, 6.45) is 6.59. The van der Waals surface area contributed by atoms with Gasteiger partial charge in [0.05, 0.1) is 10.7 Å². The van der Waals surface area contributed by atoms with E-state index in [0.29, 0.717) is 6.04 Å². The van der Waals surface area contributed by atoms with Crippen molar-refractivity contribution in [3.63, 3.8) is 0 Å². The average molecular weight is 252 g/mol. The molecule has 0 heterocycles. The van der Waals surface area contributed by atoms with Gasteiger partial charge in [-0.3, -0.25) is 0 Å². The Balaban J connectivity index is 2.02. The van der Waals surface area contributed by atoms with Gasteiger partial charge < -0.3 is 5.32 Å². The molecule has 1 nitrogen and oxygen atoms in total. The Morgan fingerprint density at radius 1 is 1.18 bits per heavy atom. The molecule has 0 spiro atoms. The number of rotatable bonds is 2. The van der Waals surface area contributed by atoms with E-state index in [2.05, 4.69) is 31.3 Å². The van der Waals surface area contributed by atoms with Crippen LogP contribution in [-0.4, -0.2) is 6.04 Å². The minimum atomic E-state index is 0.597. The molecule has 0 amide bonds. The van der Waals surface area contributed by atoms with Gasteiger partial charge in [0.2, 0.25) is 0 Å². The molecule has 2 rings (SSSR count). The van der Waals surface area contributed by atoms with Gasteiger partial charge in [-0.2, -0.15) is 0 Å². The molecule has 1 aromatic rings. The van der Waals surface area contributed by atoms with Crippen molar-refractivity contribution < 1.29 is 0 Å². The van der Waals surface area contributed by atoms with Crippen molar-refractivity contribution in [2.75, 3.05) is 5.32 Å². The lowest BCUT2D eigenvalue weighted by atomic mass is 10.0. The van der Waals surface area contributed by atoms with Gasteiger partial charge in [-0.15, -0.1) is 0 Å². The summed E-state index contributed by atoms with van der Waals surface area (Å²) < 4.78 is 0. The predicted molar refractivity (Wildman–Crippen MR) is 75.8 cm³/mol. The van der Waals surface area contributed by atoms with Gasteiger partial charge in [-0.05, 0) is 49.8 Å². The van der Waals surface area contributed by atoms with E-state index >= 15 is 0 Å². The van der Waals surface area contributed by atoms with Gasteiger partial charge in [0, 0.05) is 6.04 Å². The highest BCUT2D eigenvalue weighted by molar-refractivity contribution is 6.33. The molecule has 94 valence electrons. The molecule has 1 aliphatic rings. The van der Waals surface area contributed by atoms with E-state index in [-0.39, 0.29) is 0 Å². The summed E-state index contributed by atoms with van der Waals surface area (Å²) in [7, 11) is 0. The highest BCUT2D eigenvalue weighted by Crippen LogP contribution is 2.28. The lowest BCUT2D eigenvalue weighted by molar-refractivity contribution is 0.502. The van der Waals surface area contributed by atoms with Crippen molar-refractivity contribution in [1.29, 1.82) is 0 Å². The van der Waals surface area contributed by atoms with Gasteiger partial charge in [0.1, 0.15) is 0 Å². The highest BCUT2D eigenvalue weighted by Gasteiger charge is 2.16. The molecule has 0 aliphatic heterocycles. The van der Waals surface area contributed by atoms with Crippen LogP contribution in [-0.2, 0) is 0 Å². The highest BCUT2D eigenvalue weighted by atomic mass is 35.5. The van der Waals surface area contributed by atoms with Crippen LogP contribution in [0, 0.1) is 12.8 Å². The molecule has 1 fully saturated rings. The van der Waals surface area contributed by atoms with Crippen LogP contribution >= 0.6 is 11.6 Å². The summed E-state index contributed by atoms with van der Waals surface area (Å²) in [5, 5.41) is 4.46. The molecule has 1 aliphatic carbocycles. The van der Waals surface area contributed by atoms with Crippen LogP contribution in [0.4, 0.5) is 5.69 Å². The van der Waals surface area contributed by atoms with E-state index in [1.165, 1.54) is 37.7 Å². The second kappa shape index (κ2) is 5.77. The molecular formula is C15H22ClN. The molecule has 1 saturated carbocycles. The van der Waals surface area contributed by atoms with Gasteiger partial charge in [0.25, 0.3) is 0 Å². The van der Waals surface area contributed by atoms with Gasteiger partial charge in [-0.1, -0.05) is 37.4 Å². The molecular weight excluding hydrogens is 230 g/mol. The third-order valence-corrected chi connectivity index (χ3v) is 4.07. The zero-order valence-corrected chi connectivity index (χ0v) is 11.6. The Hall–Kier alpha value is -0.690. The van der Waals surface area contributed by atoms with E-state index in [4.69, 9.17) is 11.6 Å². The fourth-order valence-corrected chi connectivity index (χ4v) is 2.77. The summed E-state index contributed by atoms with van der Waals surface area (Å²) >= 11 is 6.22. The number of hydrogen-bond donors (Lipinski definition) is 1. The first kappa shape index (κ1) is 12.8. The minimum Gasteiger partial charge on any atom is -0.381 e. The van der Waals surface area contributed by atoms with Gasteiger partial charge >= 0.3 is 0 Å². The summed E-state index contributed by atoms with van der Waals surface area (Å²) in [5.74, 6) is 0.884. The van der Waals surface area contributed by atoms with E-state index in [0.717, 1.165) is 16.6 Å². The molecule has 2 atom stereocenters.